The second-order valence-electron chi connectivity index (χ2n) is 10.1. The Morgan fingerprint density at radius 1 is 1.17 bits per heavy atom. The van der Waals surface area contributed by atoms with Crippen LogP contribution >= 0.6 is 0 Å². The van der Waals surface area contributed by atoms with E-state index < -0.39 is 6.10 Å². The van der Waals surface area contributed by atoms with Gasteiger partial charge in [-0.2, -0.15) is 0 Å². The van der Waals surface area contributed by atoms with Crippen LogP contribution in [0.4, 0.5) is 0 Å². The summed E-state index contributed by atoms with van der Waals surface area (Å²) in [5.74, 6) is -0.109. The quantitative estimate of drug-likeness (QED) is 0.692. The molecule has 1 heterocycles. The van der Waals surface area contributed by atoms with Gasteiger partial charge in [0.05, 0.1) is 6.10 Å². The Morgan fingerprint density at radius 2 is 1.90 bits per heavy atom. The normalized spacial score (nSPS) is 37.0. The first-order valence-electron chi connectivity index (χ1n) is 11.5. The van der Waals surface area contributed by atoms with E-state index in [1.54, 1.807) is 18.3 Å². The molecule has 0 unspecified atom stereocenters. The molecule has 1 aromatic rings. The van der Waals surface area contributed by atoms with E-state index in [2.05, 4.69) is 29.5 Å². The maximum Gasteiger partial charge on any atom is 0.270 e. The predicted molar refractivity (Wildman–Crippen MR) is 115 cm³/mol. The Labute approximate surface area is 179 Å². The first-order valence-corrected chi connectivity index (χ1v) is 11.5. The van der Waals surface area contributed by atoms with Gasteiger partial charge >= 0.3 is 0 Å². The number of nitrogens with one attached hydrogen (secondary N) is 2. The molecule has 0 spiro atoms. The molecule has 7 atom stereocenters. The highest BCUT2D eigenvalue weighted by Gasteiger charge is 2.54. The number of fused-ring (bicyclic) bond motifs is 1. The summed E-state index contributed by atoms with van der Waals surface area (Å²) >= 11 is 0. The Kier molecular flexibility index (Phi) is 5.88. The monoisotopic (exact) mass is 413 g/mol. The SMILES string of the molecule is C[C@H]1[C@@H]2[C@@H](O)[C@@H]([C@H](C)C(=O)NC3CC3)CC[C@@]2(C)CC[C@@H]1NC(=O)c1ccccn1. The van der Waals surface area contributed by atoms with Gasteiger partial charge in [-0.25, -0.2) is 0 Å². The molecule has 3 saturated carbocycles. The van der Waals surface area contributed by atoms with E-state index in [0.29, 0.717) is 11.7 Å². The van der Waals surface area contributed by atoms with Crippen LogP contribution in [0.2, 0.25) is 0 Å². The molecule has 30 heavy (non-hydrogen) atoms. The number of hydrogen-bond acceptors (Lipinski definition) is 4. The molecular weight excluding hydrogens is 378 g/mol. The number of aromatic nitrogens is 1. The van der Waals surface area contributed by atoms with Gasteiger partial charge in [0.1, 0.15) is 5.69 Å². The highest BCUT2D eigenvalue weighted by Crippen LogP contribution is 2.55. The van der Waals surface area contributed by atoms with Crippen molar-refractivity contribution in [2.75, 3.05) is 0 Å². The number of aliphatic hydroxyl groups excluding tert-OH is 1. The van der Waals surface area contributed by atoms with Crippen LogP contribution in [0, 0.1) is 29.1 Å². The van der Waals surface area contributed by atoms with Crippen molar-refractivity contribution in [1.82, 2.24) is 15.6 Å². The van der Waals surface area contributed by atoms with Gasteiger partial charge < -0.3 is 15.7 Å². The third-order valence-corrected chi connectivity index (χ3v) is 8.08. The Morgan fingerprint density at radius 3 is 2.57 bits per heavy atom. The van der Waals surface area contributed by atoms with Crippen LogP contribution in [0.25, 0.3) is 0 Å². The summed E-state index contributed by atoms with van der Waals surface area (Å²) in [5.41, 5.74) is 0.472. The van der Waals surface area contributed by atoms with Crippen LogP contribution in [0.5, 0.6) is 0 Å². The largest absolute Gasteiger partial charge is 0.392 e. The van der Waals surface area contributed by atoms with Gasteiger partial charge in [-0.15, -0.1) is 0 Å². The van der Waals surface area contributed by atoms with Crippen molar-refractivity contribution >= 4 is 11.8 Å². The average Bonchev–Trinajstić information content (AvgIpc) is 3.54. The summed E-state index contributed by atoms with van der Waals surface area (Å²) in [6.45, 7) is 6.38. The van der Waals surface area contributed by atoms with Gasteiger partial charge in [-0.1, -0.05) is 26.8 Å². The molecule has 0 radical (unpaired) electrons. The number of amides is 2. The fourth-order valence-corrected chi connectivity index (χ4v) is 5.99. The summed E-state index contributed by atoms with van der Waals surface area (Å²) in [7, 11) is 0. The number of aliphatic hydroxyl groups is 1. The fourth-order valence-electron chi connectivity index (χ4n) is 5.99. The zero-order valence-electron chi connectivity index (χ0n) is 18.3. The lowest BCUT2D eigenvalue weighted by molar-refractivity contribution is -0.142. The Bertz CT molecular complexity index is 781. The number of rotatable bonds is 5. The van der Waals surface area contributed by atoms with E-state index in [1.807, 2.05) is 13.0 Å². The molecule has 6 nitrogen and oxygen atoms in total. The zero-order chi connectivity index (χ0) is 21.5. The van der Waals surface area contributed by atoms with Gasteiger partial charge in [0.25, 0.3) is 5.91 Å². The highest BCUT2D eigenvalue weighted by molar-refractivity contribution is 5.92. The number of nitrogens with zero attached hydrogens (tertiary/aromatic N) is 1. The lowest BCUT2D eigenvalue weighted by atomic mass is 9.51. The molecule has 0 aromatic carbocycles. The predicted octanol–water partition coefficient (Wildman–Crippen LogP) is 2.92. The summed E-state index contributed by atoms with van der Waals surface area (Å²) in [6, 6.07) is 5.67. The van der Waals surface area contributed by atoms with E-state index in [0.717, 1.165) is 38.5 Å². The maximum atomic E-state index is 12.7. The molecule has 1 aromatic heterocycles. The molecule has 0 aliphatic heterocycles. The Balaban J connectivity index is 1.46. The molecule has 3 fully saturated rings. The molecule has 3 aliphatic rings. The van der Waals surface area contributed by atoms with Crippen molar-refractivity contribution < 1.29 is 14.7 Å². The minimum Gasteiger partial charge on any atom is -0.392 e. The molecule has 4 rings (SSSR count). The summed E-state index contributed by atoms with van der Waals surface area (Å²) in [6.07, 6.45) is 7.01. The minimum absolute atomic E-state index is 0.00146. The van der Waals surface area contributed by atoms with E-state index >= 15 is 0 Å². The molecule has 0 saturated heterocycles. The van der Waals surface area contributed by atoms with Crippen LogP contribution in [-0.4, -0.2) is 40.1 Å². The van der Waals surface area contributed by atoms with Crippen LogP contribution in [0.3, 0.4) is 0 Å². The lowest BCUT2D eigenvalue weighted by Crippen LogP contribution is -2.58. The van der Waals surface area contributed by atoms with Gasteiger partial charge in [0, 0.05) is 24.2 Å². The molecule has 6 heteroatoms. The summed E-state index contributed by atoms with van der Waals surface area (Å²) < 4.78 is 0. The Hall–Kier alpha value is -1.95. The second-order valence-corrected chi connectivity index (χ2v) is 10.1. The summed E-state index contributed by atoms with van der Waals surface area (Å²) in [5, 5.41) is 17.7. The third kappa shape index (κ3) is 4.11. The van der Waals surface area contributed by atoms with E-state index in [-0.39, 0.29) is 46.9 Å². The molecular formula is C24H35N3O3. The van der Waals surface area contributed by atoms with Crippen LogP contribution in [0.15, 0.2) is 24.4 Å². The van der Waals surface area contributed by atoms with E-state index in [9.17, 15) is 14.7 Å². The molecule has 3 aliphatic carbocycles. The standard InChI is InChI=1S/C24H35N3O3/c1-14(22(29)26-16-7-8-16)17-9-11-24(3)12-10-18(15(2)20(24)21(17)28)27-23(30)19-6-4-5-13-25-19/h4-6,13-18,20-21,28H,7-12H2,1-3H3,(H,26,29)(H,27,30)/t14-,15+,17+,18-,20+,21-,24-/m0/s1. The number of hydrogen-bond donors (Lipinski definition) is 3. The molecule has 164 valence electrons. The smallest absolute Gasteiger partial charge is 0.270 e. The number of carbonyl (C=O) groups is 2. The van der Waals surface area contributed by atoms with Crippen LogP contribution in [0.1, 0.15) is 69.8 Å². The maximum absolute atomic E-state index is 12.7. The molecule has 3 N–H and O–H groups in total. The minimum atomic E-state index is -0.534. The third-order valence-electron chi connectivity index (χ3n) is 8.08. The van der Waals surface area contributed by atoms with Gasteiger partial charge in [0.2, 0.25) is 5.91 Å². The van der Waals surface area contributed by atoms with Crippen molar-refractivity contribution in [3.63, 3.8) is 0 Å². The summed E-state index contributed by atoms with van der Waals surface area (Å²) in [4.78, 5) is 29.5. The van der Waals surface area contributed by atoms with E-state index in [4.69, 9.17) is 0 Å². The van der Waals surface area contributed by atoms with Crippen molar-refractivity contribution in [2.45, 2.75) is 77.5 Å². The van der Waals surface area contributed by atoms with Crippen LogP contribution in [-0.2, 0) is 4.79 Å². The highest BCUT2D eigenvalue weighted by atomic mass is 16.3. The van der Waals surface area contributed by atoms with Gasteiger partial charge in [-0.3, -0.25) is 14.6 Å². The first kappa shape index (κ1) is 21.3. The van der Waals surface area contributed by atoms with Gasteiger partial charge in [0.15, 0.2) is 0 Å². The van der Waals surface area contributed by atoms with Crippen LogP contribution < -0.4 is 10.6 Å². The first-order chi connectivity index (χ1) is 14.3. The topological polar surface area (TPSA) is 91.3 Å². The van der Waals surface area contributed by atoms with Crippen molar-refractivity contribution in [1.29, 1.82) is 0 Å². The van der Waals surface area contributed by atoms with Gasteiger partial charge in [-0.05, 0) is 73.8 Å². The molecule has 0 bridgehead atoms. The van der Waals surface area contributed by atoms with Crippen molar-refractivity contribution in [3.05, 3.63) is 30.1 Å². The molecule has 2 amide bonds. The van der Waals surface area contributed by atoms with Crippen molar-refractivity contribution in [3.8, 4) is 0 Å². The number of pyridine rings is 1. The van der Waals surface area contributed by atoms with E-state index in [1.165, 1.54) is 0 Å². The lowest BCUT2D eigenvalue weighted by Gasteiger charge is -2.56. The zero-order valence-corrected chi connectivity index (χ0v) is 18.3. The average molecular weight is 414 g/mol. The second kappa shape index (κ2) is 8.29. The number of carbonyl (C=O) groups excluding carboxylic acids is 2. The fraction of sp³-hybridized carbons (Fsp3) is 0.708. The van der Waals surface area contributed by atoms with Crippen molar-refractivity contribution in [2.24, 2.45) is 29.1 Å².